The van der Waals surface area contributed by atoms with Crippen molar-refractivity contribution in [2.24, 2.45) is 10.2 Å². The van der Waals surface area contributed by atoms with Crippen molar-refractivity contribution < 1.29 is 36.6 Å². The van der Waals surface area contributed by atoms with Crippen molar-refractivity contribution in [2.45, 2.75) is 37.1 Å². The minimum atomic E-state index is -0.690. The Morgan fingerprint density at radius 3 is 1.62 bits per heavy atom. The molecule has 3 aromatic heterocycles. The molecule has 2 fully saturated rings. The third-order valence-corrected chi connectivity index (χ3v) is 10.7. The van der Waals surface area contributed by atoms with Crippen LogP contribution in [0.2, 0.25) is 0 Å². The first kappa shape index (κ1) is 43.4. The number of hydrogen-bond acceptors (Lipinski definition) is 10. The lowest BCUT2D eigenvalue weighted by atomic mass is 10.0. The van der Waals surface area contributed by atoms with Gasteiger partial charge < -0.3 is 19.7 Å². The van der Waals surface area contributed by atoms with E-state index in [2.05, 4.69) is 40.9 Å². The van der Waals surface area contributed by atoms with Crippen molar-refractivity contribution in [3.8, 4) is 11.5 Å². The van der Waals surface area contributed by atoms with Crippen LogP contribution in [0.5, 0.6) is 11.5 Å². The number of likely N-dealkylation sites (tertiary alicyclic amines) is 1. The van der Waals surface area contributed by atoms with E-state index in [1.54, 1.807) is 29.7 Å². The summed E-state index contributed by atoms with van der Waals surface area (Å²) in [5.74, 6) is -2.46. The summed E-state index contributed by atoms with van der Waals surface area (Å²) in [6, 6.07) is 24.0. The summed E-state index contributed by atoms with van der Waals surface area (Å²) in [7, 11) is 0. The molecule has 64 heavy (non-hydrogen) atoms. The van der Waals surface area contributed by atoms with Gasteiger partial charge in [-0.15, -0.1) is 0 Å². The Balaban J connectivity index is 0.000000138. The monoisotopic (exact) mass is 896 g/mol. The van der Waals surface area contributed by atoms with E-state index in [1.165, 1.54) is 33.0 Å². The van der Waals surface area contributed by atoms with Crippen LogP contribution in [-0.4, -0.2) is 108 Å². The topological polar surface area (TPSA) is 174 Å². The molecule has 2 saturated heterocycles. The van der Waals surface area contributed by atoms with Crippen LogP contribution in [0.1, 0.15) is 36.1 Å². The summed E-state index contributed by atoms with van der Waals surface area (Å²) < 4.78 is 66.7. The fraction of sp³-hybridized carbons (Fsp3) is 0.233. The number of nitrogens with zero attached hydrogens (tertiary/aromatic N) is 9. The molecule has 4 aliphatic heterocycles. The molecule has 4 aromatic carbocycles. The normalized spacial score (nSPS) is 17.8. The van der Waals surface area contributed by atoms with Crippen LogP contribution in [-0.2, 0) is 0 Å². The van der Waals surface area contributed by atoms with Crippen LogP contribution in [0.4, 0.5) is 27.2 Å². The minimum absolute atomic E-state index is 0. The van der Waals surface area contributed by atoms with Gasteiger partial charge in [0.2, 0.25) is 11.9 Å². The summed E-state index contributed by atoms with van der Waals surface area (Å²) in [6.07, 6.45) is 9.22. The van der Waals surface area contributed by atoms with Gasteiger partial charge in [0.15, 0.2) is 23.1 Å². The first-order valence-corrected chi connectivity index (χ1v) is 19.9. The Hall–Kier alpha value is -7.26. The maximum Gasteiger partial charge on any atom is 0.350 e. The number of carbonyl (C=O) groups excluding carboxylic acids is 2. The molecule has 4 aliphatic rings. The van der Waals surface area contributed by atoms with Crippen LogP contribution in [0, 0.1) is 23.5 Å². The molecule has 16 nitrogen and oxygen atoms in total. The van der Waals surface area contributed by atoms with E-state index in [1.807, 2.05) is 60.7 Å². The zero-order valence-corrected chi connectivity index (χ0v) is 34.7. The second-order valence-corrected chi connectivity index (χ2v) is 14.9. The molecule has 0 spiro atoms. The highest BCUT2D eigenvalue weighted by Crippen LogP contribution is 2.33. The Morgan fingerprint density at radius 2 is 1.16 bits per heavy atom. The molecule has 1 unspecified atom stereocenters. The van der Waals surface area contributed by atoms with Crippen LogP contribution < -0.4 is 14.8 Å². The van der Waals surface area contributed by atoms with Gasteiger partial charge in [0, 0.05) is 62.9 Å². The van der Waals surface area contributed by atoms with Crippen molar-refractivity contribution in [3.63, 3.8) is 0 Å². The number of hydrogen-bond donors (Lipinski definition) is 3. The standard InChI is InChI=1S/C20H17F2N5O2.C13H12N4O.C10H9F2N3O.H2S/c21-15-8-14-16(24-25-19(14)22)9-18(15)29-13-10-26(11-13)20(28)27-17(6-7-23-27)12-4-2-1-3-5-12;18-13(16-9-8-14-10-16)17-12(6-7-15-17)11-4-2-1-3-5-11;11-7-1-6-8(14-15-10(6)12)2-9(7)16-5-3-13-4-5;/h1-5,7-9,13,17H,6,10-11H2,(H,24,25);1-5,7-10,12H,6H2;1-2,5,13H,3-4H2,(H,14,15);1H2/t;12-;;/m.0../s1. The van der Waals surface area contributed by atoms with E-state index in [0.717, 1.165) is 29.7 Å². The van der Waals surface area contributed by atoms with Gasteiger partial charge in [-0.3, -0.25) is 14.8 Å². The minimum Gasteiger partial charge on any atom is -0.485 e. The van der Waals surface area contributed by atoms with Crippen molar-refractivity contribution >= 4 is 59.8 Å². The van der Waals surface area contributed by atoms with Gasteiger partial charge >= 0.3 is 12.1 Å². The Kier molecular flexibility index (Phi) is 12.9. The highest BCUT2D eigenvalue weighted by Gasteiger charge is 2.39. The molecular weight excluding hydrogens is 857 g/mol. The third-order valence-electron chi connectivity index (χ3n) is 10.7. The van der Waals surface area contributed by atoms with Crippen molar-refractivity contribution in [1.29, 1.82) is 0 Å². The Bertz CT molecular complexity index is 2780. The molecule has 0 saturated carbocycles. The number of H-pyrrole nitrogens is 2. The molecule has 3 amide bonds. The van der Waals surface area contributed by atoms with E-state index < -0.39 is 23.5 Å². The molecule has 7 heterocycles. The van der Waals surface area contributed by atoms with Gasteiger partial charge in [-0.1, -0.05) is 60.7 Å². The smallest absolute Gasteiger partial charge is 0.350 e. The van der Waals surface area contributed by atoms with E-state index in [4.69, 9.17) is 9.47 Å². The molecule has 0 aliphatic carbocycles. The highest BCUT2D eigenvalue weighted by molar-refractivity contribution is 7.59. The molecular formula is C43H40F4N12O4S. The average Bonchev–Trinajstić information content (AvgIpc) is 4.14. The second kappa shape index (κ2) is 19.0. The number of aromatic nitrogens is 6. The van der Waals surface area contributed by atoms with E-state index in [9.17, 15) is 27.2 Å². The quantitative estimate of drug-likeness (QED) is 0.149. The van der Waals surface area contributed by atoms with Crippen molar-refractivity contribution in [1.82, 2.24) is 50.2 Å². The molecule has 11 rings (SSSR count). The summed E-state index contributed by atoms with van der Waals surface area (Å²) in [5.41, 5.74) is 2.75. The summed E-state index contributed by atoms with van der Waals surface area (Å²) in [5, 5.41) is 26.4. The van der Waals surface area contributed by atoms with Crippen LogP contribution in [0.25, 0.3) is 21.8 Å². The molecule has 7 aromatic rings. The largest absolute Gasteiger partial charge is 0.485 e. The SMILES string of the molecule is Fc1cc2c(F)[nH]nc2cc1OC1CNC1.O=C(N1CC(Oc2cc3n[nH]c(F)c3cc2F)C1)N1N=CCC1c1ccccc1.O=C(N1N=CC[C@H]1c1ccccc1)n1ccnc1.S. The van der Waals surface area contributed by atoms with E-state index in [0.29, 0.717) is 38.1 Å². The zero-order valence-electron chi connectivity index (χ0n) is 33.7. The Labute approximate surface area is 369 Å². The number of aromatic amines is 2. The van der Waals surface area contributed by atoms with Gasteiger partial charge in [-0.05, 0) is 23.3 Å². The lowest BCUT2D eigenvalue weighted by molar-refractivity contribution is 0.0258. The van der Waals surface area contributed by atoms with E-state index in [-0.39, 0.29) is 77.6 Å². The summed E-state index contributed by atoms with van der Waals surface area (Å²) in [4.78, 5) is 30.5. The maximum atomic E-state index is 14.2. The fourth-order valence-corrected chi connectivity index (χ4v) is 7.25. The fourth-order valence-electron chi connectivity index (χ4n) is 7.25. The first-order chi connectivity index (χ1) is 30.7. The molecule has 330 valence electrons. The number of amides is 3. The van der Waals surface area contributed by atoms with Crippen LogP contribution in [0.15, 0.2) is 114 Å². The average molecular weight is 897 g/mol. The third kappa shape index (κ3) is 9.11. The number of benzene rings is 4. The lowest BCUT2D eigenvalue weighted by Gasteiger charge is -2.41. The van der Waals surface area contributed by atoms with Crippen molar-refractivity contribution in [3.05, 3.63) is 138 Å². The number of urea groups is 1. The van der Waals surface area contributed by atoms with E-state index >= 15 is 0 Å². The van der Waals surface area contributed by atoms with Gasteiger partial charge in [-0.25, -0.2) is 33.4 Å². The summed E-state index contributed by atoms with van der Waals surface area (Å²) >= 11 is 0. The molecule has 2 atom stereocenters. The highest BCUT2D eigenvalue weighted by atomic mass is 32.1. The van der Waals surface area contributed by atoms with Crippen molar-refractivity contribution in [2.75, 3.05) is 26.2 Å². The number of fused-ring (bicyclic) bond motifs is 2. The van der Waals surface area contributed by atoms with Gasteiger partial charge in [0.1, 0.15) is 18.5 Å². The first-order valence-electron chi connectivity index (χ1n) is 19.9. The predicted molar refractivity (Wildman–Crippen MR) is 232 cm³/mol. The molecule has 0 bridgehead atoms. The van der Waals surface area contributed by atoms with Gasteiger partial charge in [0.05, 0.1) is 47.0 Å². The predicted octanol–water partition coefficient (Wildman–Crippen LogP) is 7.05. The summed E-state index contributed by atoms with van der Waals surface area (Å²) in [6.45, 7) is 2.04. The lowest BCUT2D eigenvalue weighted by Crippen LogP contribution is -2.58. The number of hydrazone groups is 2. The van der Waals surface area contributed by atoms with Gasteiger partial charge in [0.25, 0.3) is 0 Å². The maximum absolute atomic E-state index is 14.2. The van der Waals surface area contributed by atoms with Crippen LogP contribution >= 0.6 is 13.5 Å². The zero-order chi connectivity index (χ0) is 43.5. The number of rotatable bonds is 6. The number of ether oxygens (including phenoxy) is 2. The molecule has 3 N–H and O–H groups in total. The number of nitrogens with one attached hydrogen (secondary N) is 3. The molecule has 0 radical (unpaired) electrons. The number of halogens is 4. The number of imidazole rings is 1. The molecule has 21 heteroatoms. The second-order valence-electron chi connectivity index (χ2n) is 14.9. The Morgan fingerprint density at radius 1 is 0.656 bits per heavy atom. The van der Waals surface area contributed by atoms with Crippen LogP contribution in [0.3, 0.4) is 0 Å². The number of carbonyl (C=O) groups is 2. The van der Waals surface area contributed by atoms with Gasteiger partial charge in [-0.2, -0.15) is 42.7 Å².